The van der Waals surface area contributed by atoms with Gasteiger partial charge >= 0.3 is 0 Å². The van der Waals surface area contributed by atoms with Crippen molar-refractivity contribution in [1.29, 1.82) is 0 Å². The molecule has 0 unspecified atom stereocenters. The number of halogens is 2. The van der Waals surface area contributed by atoms with E-state index in [1.165, 1.54) is 0 Å². The van der Waals surface area contributed by atoms with Crippen molar-refractivity contribution in [3.05, 3.63) is 56.3 Å². The van der Waals surface area contributed by atoms with E-state index in [0.717, 1.165) is 16.8 Å². The summed E-state index contributed by atoms with van der Waals surface area (Å²) in [7, 11) is 0. The summed E-state index contributed by atoms with van der Waals surface area (Å²) in [6.45, 7) is 7.43. The fourth-order valence-electron chi connectivity index (χ4n) is 2.11. The van der Waals surface area contributed by atoms with Crippen LogP contribution in [0.2, 0.25) is 10.2 Å². The lowest BCUT2D eigenvalue weighted by Gasteiger charge is -2.13. The van der Waals surface area contributed by atoms with Crippen molar-refractivity contribution in [2.75, 3.05) is 5.32 Å². The highest BCUT2D eigenvalue weighted by atomic mass is 35.5. The number of aryl methyl sites for hydroxylation is 3. The molecule has 0 saturated carbocycles. The standard InChI is InChI=1S/C16H16Cl2N2O/c1-8-5-6-9(2)12(7-8)20-16(21)13-10(3)14(17)11(4)19-15(13)18/h5-7H,1-4H3,(H,20,21). The van der Waals surface area contributed by atoms with Gasteiger partial charge in [0, 0.05) is 5.69 Å². The van der Waals surface area contributed by atoms with E-state index in [1.807, 2.05) is 32.0 Å². The Kier molecular flexibility index (Phi) is 4.55. The number of pyridine rings is 1. The van der Waals surface area contributed by atoms with Gasteiger partial charge in [0.1, 0.15) is 5.15 Å². The summed E-state index contributed by atoms with van der Waals surface area (Å²) < 4.78 is 0. The second kappa shape index (κ2) is 6.04. The molecule has 0 radical (unpaired) electrons. The van der Waals surface area contributed by atoms with Crippen molar-refractivity contribution in [2.45, 2.75) is 27.7 Å². The summed E-state index contributed by atoms with van der Waals surface area (Å²) in [6, 6.07) is 5.87. The molecule has 2 aromatic rings. The number of hydrogen-bond donors (Lipinski definition) is 1. The van der Waals surface area contributed by atoms with Crippen molar-refractivity contribution in [3.8, 4) is 0 Å². The molecule has 0 fully saturated rings. The summed E-state index contributed by atoms with van der Waals surface area (Å²) in [5, 5.41) is 3.50. The van der Waals surface area contributed by atoms with E-state index >= 15 is 0 Å². The number of carbonyl (C=O) groups excluding carboxylic acids is 1. The van der Waals surface area contributed by atoms with Crippen LogP contribution in [0.5, 0.6) is 0 Å². The van der Waals surface area contributed by atoms with E-state index in [2.05, 4.69) is 10.3 Å². The van der Waals surface area contributed by atoms with Crippen LogP contribution in [0, 0.1) is 27.7 Å². The molecular formula is C16H16Cl2N2O. The molecule has 0 aliphatic carbocycles. The molecule has 1 amide bonds. The molecule has 0 aliphatic rings. The first-order valence-electron chi connectivity index (χ1n) is 6.52. The Hall–Kier alpha value is -1.58. The summed E-state index contributed by atoms with van der Waals surface area (Å²) in [4.78, 5) is 16.6. The van der Waals surface area contributed by atoms with Crippen LogP contribution >= 0.6 is 23.2 Å². The monoisotopic (exact) mass is 322 g/mol. The zero-order chi connectivity index (χ0) is 15.7. The van der Waals surface area contributed by atoms with Gasteiger partial charge in [-0.3, -0.25) is 4.79 Å². The van der Waals surface area contributed by atoms with Crippen molar-refractivity contribution in [1.82, 2.24) is 4.98 Å². The maximum Gasteiger partial charge on any atom is 0.259 e. The molecule has 1 heterocycles. The van der Waals surface area contributed by atoms with Gasteiger partial charge < -0.3 is 5.32 Å². The second-order valence-corrected chi connectivity index (χ2v) is 5.81. The Balaban J connectivity index is 2.42. The van der Waals surface area contributed by atoms with E-state index in [1.54, 1.807) is 13.8 Å². The quantitative estimate of drug-likeness (QED) is 0.801. The smallest absolute Gasteiger partial charge is 0.259 e. The van der Waals surface area contributed by atoms with Gasteiger partial charge in [-0.05, 0) is 50.5 Å². The van der Waals surface area contributed by atoms with E-state index in [4.69, 9.17) is 23.2 Å². The molecule has 0 saturated heterocycles. The lowest BCUT2D eigenvalue weighted by molar-refractivity contribution is 0.102. The highest BCUT2D eigenvalue weighted by Gasteiger charge is 2.19. The zero-order valence-electron chi connectivity index (χ0n) is 12.3. The van der Waals surface area contributed by atoms with Gasteiger partial charge in [-0.2, -0.15) is 0 Å². The normalized spacial score (nSPS) is 10.6. The Morgan fingerprint density at radius 1 is 1.14 bits per heavy atom. The van der Waals surface area contributed by atoms with Crippen molar-refractivity contribution in [2.24, 2.45) is 0 Å². The molecule has 0 aliphatic heterocycles. The van der Waals surface area contributed by atoms with Gasteiger partial charge in [0.05, 0.1) is 16.3 Å². The third-order valence-electron chi connectivity index (χ3n) is 3.36. The van der Waals surface area contributed by atoms with Crippen LogP contribution < -0.4 is 5.32 Å². The molecule has 2 rings (SSSR count). The Bertz CT molecular complexity index is 727. The van der Waals surface area contributed by atoms with Crippen LogP contribution in [0.15, 0.2) is 18.2 Å². The van der Waals surface area contributed by atoms with Crippen LogP contribution in [-0.4, -0.2) is 10.9 Å². The lowest BCUT2D eigenvalue weighted by Crippen LogP contribution is -2.16. The number of nitrogens with zero attached hydrogens (tertiary/aromatic N) is 1. The van der Waals surface area contributed by atoms with E-state index in [0.29, 0.717) is 21.8 Å². The molecule has 21 heavy (non-hydrogen) atoms. The first-order chi connectivity index (χ1) is 9.81. The zero-order valence-corrected chi connectivity index (χ0v) is 13.9. The van der Waals surface area contributed by atoms with Crippen molar-refractivity contribution < 1.29 is 4.79 Å². The summed E-state index contributed by atoms with van der Waals surface area (Å²) in [5.41, 5.74) is 4.37. The highest BCUT2D eigenvalue weighted by Crippen LogP contribution is 2.28. The fraction of sp³-hybridized carbons (Fsp3) is 0.250. The molecule has 1 N–H and O–H groups in total. The minimum absolute atomic E-state index is 0.164. The number of anilines is 1. The molecule has 0 bridgehead atoms. The van der Waals surface area contributed by atoms with Gasteiger partial charge in [-0.25, -0.2) is 4.98 Å². The number of nitrogens with one attached hydrogen (secondary N) is 1. The summed E-state index contributed by atoms with van der Waals surface area (Å²) >= 11 is 12.3. The third-order valence-corrected chi connectivity index (χ3v) is 4.19. The second-order valence-electron chi connectivity index (χ2n) is 5.07. The maximum absolute atomic E-state index is 12.5. The molecule has 1 aromatic carbocycles. The van der Waals surface area contributed by atoms with Crippen molar-refractivity contribution in [3.63, 3.8) is 0 Å². The molecule has 0 spiro atoms. The molecule has 0 atom stereocenters. The minimum atomic E-state index is -0.305. The van der Waals surface area contributed by atoms with Crippen LogP contribution in [0.4, 0.5) is 5.69 Å². The predicted octanol–water partition coefficient (Wildman–Crippen LogP) is 4.87. The lowest BCUT2D eigenvalue weighted by atomic mass is 10.1. The first kappa shape index (κ1) is 15.8. The maximum atomic E-state index is 12.5. The first-order valence-corrected chi connectivity index (χ1v) is 7.27. The predicted molar refractivity (Wildman–Crippen MR) is 87.6 cm³/mol. The largest absolute Gasteiger partial charge is 0.322 e. The highest BCUT2D eigenvalue weighted by molar-refractivity contribution is 6.36. The minimum Gasteiger partial charge on any atom is -0.322 e. The SMILES string of the molecule is Cc1ccc(C)c(NC(=O)c2c(Cl)nc(C)c(Cl)c2C)c1. The topological polar surface area (TPSA) is 42.0 Å². The number of carbonyl (C=O) groups is 1. The molecule has 5 heteroatoms. The van der Waals surface area contributed by atoms with E-state index < -0.39 is 0 Å². The van der Waals surface area contributed by atoms with Crippen LogP contribution in [0.25, 0.3) is 0 Å². The van der Waals surface area contributed by atoms with Crippen LogP contribution in [0.1, 0.15) is 32.7 Å². The molecular weight excluding hydrogens is 307 g/mol. The van der Waals surface area contributed by atoms with Gasteiger partial charge in [-0.15, -0.1) is 0 Å². The molecule has 1 aromatic heterocycles. The van der Waals surface area contributed by atoms with Crippen LogP contribution in [-0.2, 0) is 0 Å². The van der Waals surface area contributed by atoms with Crippen LogP contribution in [0.3, 0.4) is 0 Å². The Labute approximate surface area is 134 Å². The van der Waals surface area contributed by atoms with Crippen molar-refractivity contribution >= 4 is 34.8 Å². The number of benzene rings is 1. The number of amides is 1. The average Bonchev–Trinajstić information content (AvgIpc) is 2.40. The van der Waals surface area contributed by atoms with Gasteiger partial charge in [-0.1, -0.05) is 35.3 Å². The number of aromatic nitrogens is 1. The summed E-state index contributed by atoms with van der Waals surface area (Å²) in [6.07, 6.45) is 0. The Morgan fingerprint density at radius 2 is 1.81 bits per heavy atom. The number of rotatable bonds is 2. The van der Waals surface area contributed by atoms with Gasteiger partial charge in [0.25, 0.3) is 5.91 Å². The molecule has 3 nitrogen and oxygen atoms in total. The van der Waals surface area contributed by atoms with E-state index in [-0.39, 0.29) is 11.1 Å². The van der Waals surface area contributed by atoms with E-state index in [9.17, 15) is 4.79 Å². The van der Waals surface area contributed by atoms with Gasteiger partial charge in [0.15, 0.2) is 0 Å². The van der Waals surface area contributed by atoms with Gasteiger partial charge in [0.2, 0.25) is 0 Å². The number of hydrogen-bond acceptors (Lipinski definition) is 2. The Morgan fingerprint density at radius 3 is 2.48 bits per heavy atom. The third kappa shape index (κ3) is 3.20. The average molecular weight is 323 g/mol. The fourth-order valence-corrected chi connectivity index (χ4v) is 2.60. The summed E-state index contributed by atoms with van der Waals surface area (Å²) in [5.74, 6) is -0.305. The molecule has 110 valence electrons.